The van der Waals surface area contributed by atoms with Gasteiger partial charge in [-0.2, -0.15) is 5.10 Å². The van der Waals surface area contributed by atoms with Crippen LogP contribution in [0.2, 0.25) is 0 Å². The zero-order valence-corrected chi connectivity index (χ0v) is 15.6. The second-order valence-corrected chi connectivity index (χ2v) is 7.15. The average Bonchev–Trinajstić information content (AvgIpc) is 3.41. The Morgan fingerprint density at radius 2 is 2.00 bits per heavy atom. The van der Waals surface area contributed by atoms with E-state index in [1.807, 2.05) is 59.6 Å². The molecule has 3 aromatic heterocycles. The Morgan fingerprint density at radius 3 is 2.70 bits per heavy atom. The average molecular weight is 374 g/mol. The van der Waals surface area contributed by atoms with E-state index in [-0.39, 0.29) is 5.78 Å². The van der Waals surface area contributed by atoms with E-state index in [0.29, 0.717) is 12.3 Å². The second kappa shape index (κ2) is 7.60. The second-order valence-electron chi connectivity index (χ2n) is 6.20. The molecule has 0 aliphatic carbocycles. The molecule has 0 radical (unpaired) electrons. The molecule has 0 spiro atoms. The molecule has 3 heterocycles. The van der Waals surface area contributed by atoms with Gasteiger partial charge in [0.1, 0.15) is 11.5 Å². The molecule has 0 saturated carbocycles. The Balaban J connectivity index is 1.64. The van der Waals surface area contributed by atoms with Gasteiger partial charge in [0.2, 0.25) is 5.78 Å². The minimum absolute atomic E-state index is 0.156. The maximum absolute atomic E-state index is 12.3. The molecule has 0 N–H and O–H groups in total. The number of benzene rings is 1. The monoisotopic (exact) mass is 374 g/mol. The van der Waals surface area contributed by atoms with E-state index in [1.165, 1.54) is 5.56 Å². The van der Waals surface area contributed by atoms with Crippen molar-refractivity contribution in [2.24, 2.45) is 0 Å². The van der Waals surface area contributed by atoms with Crippen molar-refractivity contribution in [2.45, 2.75) is 13.5 Å². The first-order valence-electron chi connectivity index (χ1n) is 8.63. The number of thiophene rings is 1. The number of allylic oxidation sites excluding steroid dienone is 1. The molecule has 0 atom stereocenters. The van der Waals surface area contributed by atoms with E-state index in [0.717, 1.165) is 21.9 Å². The summed E-state index contributed by atoms with van der Waals surface area (Å²) in [6.07, 6.45) is 5.32. The van der Waals surface area contributed by atoms with Crippen LogP contribution in [0.25, 0.3) is 16.6 Å². The van der Waals surface area contributed by atoms with Gasteiger partial charge in [0, 0.05) is 11.8 Å². The van der Waals surface area contributed by atoms with Crippen LogP contribution in [0, 0.1) is 6.92 Å². The van der Waals surface area contributed by atoms with Gasteiger partial charge in [0.15, 0.2) is 5.76 Å². The number of ketones is 1. The van der Waals surface area contributed by atoms with E-state index < -0.39 is 0 Å². The minimum atomic E-state index is -0.156. The van der Waals surface area contributed by atoms with Gasteiger partial charge in [0.25, 0.3) is 0 Å². The van der Waals surface area contributed by atoms with Gasteiger partial charge in [-0.1, -0.05) is 36.4 Å². The third-order valence-corrected chi connectivity index (χ3v) is 5.01. The van der Waals surface area contributed by atoms with Crippen LogP contribution in [0.3, 0.4) is 0 Å². The van der Waals surface area contributed by atoms with Gasteiger partial charge < -0.3 is 4.42 Å². The summed E-state index contributed by atoms with van der Waals surface area (Å²) in [5, 5.41) is 6.77. The summed E-state index contributed by atoms with van der Waals surface area (Å²) in [5.41, 5.74) is 2.96. The van der Waals surface area contributed by atoms with Crippen molar-refractivity contribution in [1.29, 1.82) is 0 Å². The zero-order valence-electron chi connectivity index (χ0n) is 14.8. The van der Waals surface area contributed by atoms with Gasteiger partial charge in [0.05, 0.1) is 11.4 Å². The van der Waals surface area contributed by atoms with Gasteiger partial charge in [-0.3, -0.25) is 9.48 Å². The lowest BCUT2D eigenvalue weighted by Gasteiger charge is -2.00. The SMILES string of the molecule is Cc1ccc(C(=O)/C=C/c2cn(Cc3ccccc3)nc2-c2cccs2)o1. The lowest BCUT2D eigenvalue weighted by atomic mass is 10.2. The number of aryl methyl sites for hydroxylation is 1. The first-order chi connectivity index (χ1) is 13.2. The summed E-state index contributed by atoms with van der Waals surface area (Å²) in [4.78, 5) is 13.4. The van der Waals surface area contributed by atoms with Crippen LogP contribution in [0.4, 0.5) is 0 Å². The largest absolute Gasteiger partial charge is 0.458 e. The Bertz CT molecular complexity index is 1070. The highest BCUT2D eigenvalue weighted by molar-refractivity contribution is 7.13. The van der Waals surface area contributed by atoms with Crippen LogP contribution in [0.15, 0.2) is 76.7 Å². The minimum Gasteiger partial charge on any atom is -0.458 e. The molecular formula is C22H18N2O2S. The standard InChI is InChI=1S/C22H18N2O2S/c1-16-9-12-20(26-16)19(25)11-10-18-15-24(14-17-6-3-2-4-7-17)23-22(18)21-8-5-13-27-21/h2-13,15H,14H2,1H3/b11-10+. The van der Waals surface area contributed by atoms with E-state index in [4.69, 9.17) is 9.52 Å². The summed E-state index contributed by atoms with van der Waals surface area (Å²) >= 11 is 1.63. The van der Waals surface area contributed by atoms with Crippen LogP contribution in [-0.2, 0) is 6.54 Å². The van der Waals surface area contributed by atoms with E-state index in [2.05, 4.69) is 12.1 Å². The quantitative estimate of drug-likeness (QED) is 0.333. The number of carbonyl (C=O) groups excluding carboxylic acids is 1. The first-order valence-corrected chi connectivity index (χ1v) is 9.51. The van der Waals surface area contributed by atoms with Crippen LogP contribution in [-0.4, -0.2) is 15.6 Å². The molecule has 4 nitrogen and oxygen atoms in total. The van der Waals surface area contributed by atoms with Crippen LogP contribution >= 0.6 is 11.3 Å². The maximum Gasteiger partial charge on any atom is 0.221 e. The molecule has 4 rings (SSSR count). The summed E-state index contributed by atoms with van der Waals surface area (Å²) in [5.74, 6) is 0.913. The van der Waals surface area contributed by atoms with Crippen LogP contribution in [0.1, 0.15) is 27.4 Å². The molecule has 27 heavy (non-hydrogen) atoms. The number of aromatic nitrogens is 2. The zero-order chi connectivity index (χ0) is 18.6. The van der Waals surface area contributed by atoms with Crippen molar-refractivity contribution in [3.63, 3.8) is 0 Å². The van der Waals surface area contributed by atoms with Crippen LogP contribution in [0.5, 0.6) is 0 Å². The topological polar surface area (TPSA) is 48.0 Å². The molecule has 5 heteroatoms. The van der Waals surface area contributed by atoms with Crippen molar-refractivity contribution in [2.75, 3.05) is 0 Å². The fraction of sp³-hybridized carbons (Fsp3) is 0.0909. The summed E-state index contributed by atoms with van der Waals surface area (Å²) in [6, 6.07) is 17.7. The third-order valence-electron chi connectivity index (χ3n) is 4.13. The highest BCUT2D eigenvalue weighted by Crippen LogP contribution is 2.28. The lowest BCUT2D eigenvalue weighted by Crippen LogP contribution is -1.99. The fourth-order valence-electron chi connectivity index (χ4n) is 2.83. The molecule has 0 saturated heterocycles. The molecule has 0 fully saturated rings. The summed E-state index contributed by atoms with van der Waals surface area (Å²) in [7, 11) is 0. The summed E-state index contributed by atoms with van der Waals surface area (Å²) < 4.78 is 7.31. The maximum atomic E-state index is 12.3. The van der Waals surface area contributed by atoms with Crippen LogP contribution < -0.4 is 0 Å². The molecule has 1 aromatic carbocycles. The van der Waals surface area contributed by atoms with Crippen molar-refractivity contribution in [1.82, 2.24) is 9.78 Å². The van der Waals surface area contributed by atoms with Gasteiger partial charge in [-0.05, 0) is 48.2 Å². The molecule has 0 unspecified atom stereocenters. The fourth-order valence-corrected chi connectivity index (χ4v) is 3.56. The first kappa shape index (κ1) is 17.2. The molecule has 0 aliphatic heterocycles. The number of carbonyl (C=O) groups is 1. The summed E-state index contributed by atoms with van der Waals surface area (Å²) in [6.45, 7) is 2.50. The van der Waals surface area contributed by atoms with Crippen molar-refractivity contribution in [3.8, 4) is 10.6 Å². The molecule has 0 bridgehead atoms. The number of nitrogens with zero attached hydrogens (tertiary/aromatic N) is 2. The van der Waals surface area contributed by atoms with E-state index >= 15 is 0 Å². The number of hydrogen-bond donors (Lipinski definition) is 0. The molecule has 134 valence electrons. The Hall–Kier alpha value is -3.18. The van der Waals surface area contributed by atoms with Gasteiger partial charge >= 0.3 is 0 Å². The number of rotatable bonds is 6. The third kappa shape index (κ3) is 3.99. The Kier molecular flexibility index (Phi) is 4.85. The lowest BCUT2D eigenvalue weighted by molar-refractivity contribution is 0.102. The number of hydrogen-bond acceptors (Lipinski definition) is 4. The predicted molar refractivity (Wildman–Crippen MR) is 108 cm³/mol. The Labute approximate surface area is 161 Å². The highest BCUT2D eigenvalue weighted by atomic mass is 32.1. The smallest absolute Gasteiger partial charge is 0.221 e. The number of furan rings is 1. The predicted octanol–water partition coefficient (Wildman–Crippen LogP) is 5.46. The molecule has 0 amide bonds. The Morgan fingerprint density at radius 1 is 1.15 bits per heavy atom. The molecular weight excluding hydrogens is 356 g/mol. The highest BCUT2D eigenvalue weighted by Gasteiger charge is 2.12. The van der Waals surface area contributed by atoms with Crippen molar-refractivity contribution < 1.29 is 9.21 Å². The molecule has 0 aliphatic rings. The normalized spacial score (nSPS) is 11.3. The van der Waals surface area contributed by atoms with E-state index in [9.17, 15) is 4.79 Å². The van der Waals surface area contributed by atoms with Crippen molar-refractivity contribution in [3.05, 3.63) is 94.9 Å². The van der Waals surface area contributed by atoms with E-state index in [1.54, 1.807) is 29.5 Å². The van der Waals surface area contributed by atoms with Crippen molar-refractivity contribution >= 4 is 23.2 Å². The van der Waals surface area contributed by atoms with Gasteiger partial charge in [-0.15, -0.1) is 11.3 Å². The van der Waals surface area contributed by atoms with Gasteiger partial charge in [-0.25, -0.2) is 0 Å². The molecule has 4 aromatic rings.